The molecule has 1 heterocycles. The van der Waals surface area contributed by atoms with Crippen LogP contribution in [0, 0.1) is 0 Å². The third-order valence-corrected chi connectivity index (χ3v) is 5.28. The number of aliphatic imine (C=N–C) groups is 1. The Morgan fingerprint density at radius 1 is 1.11 bits per heavy atom. The second-order valence-electron chi connectivity index (χ2n) is 7.28. The number of methoxy groups -OCH3 is 1. The molecule has 5 heteroatoms. The smallest absolute Gasteiger partial charge is 0.191 e. The zero-order chi connectivity index (χ0) is 19.8. The van der Waals surface area contributed by atoms with Crippen molar-refractivity contribution in [2.75, 3.05) is 32.1 Å². The number of anilines is 1. The van der Waals surface area contributed by atoms with Crippen molar-refractivity contribution in [2.24, 2.45) is 4.99 Å². The Morgan fingerprint density at radius 2 is 1.86 bits per heavy atom. The average Bonchev–Trinajstić information content (AvgIpc) is 3.27. The van der Waals surface area contributed by atoms with E-state index < -0.39 is 0 Å². The zero-order valence-electron chi connectivity index (χ0n) is 17.2. The molecule has 1 saturated heterocycles. The predicted molar refractivity (Wildman–Crippen MR) is 117 cm³/mol. The summed E-state index contributed by atoms with van der Waals surface area (Å²) in [5, 5.41) is 6.94. The largest absolute Gasteiger partial charge is 0.380 e. The molecule has 5 nitrogen and oxygen atoms in total. The van der Waals surface area contributed by atoms with E-state index >= 15 is 0 Å². The van der Waals surface area contributed by atoms with Gasteiger partial charge in [0.1, 0.15) is 0 Å². The van der Waals surface area contributed by atoms with E-state index in [9.17, 15) is 0 Å². The van der Waals surface area contributed by atoms with Gasteiger partial charge >= 0.3 is 0 Å². The van der Waals surface area contributed by atoms with Gasteiger partial charge < -0.3 is 20.3 Å². The van der Waals surface area contributed by atoms with E-state index in [4.69, 9.17) is 4.74 Å². The molecule has 28 heavy (non-hydrogen) atoms. The quantitative estimate of drug-likeness (QED) is 0.566. The maximum Gasteiger partial charge on any atom is 0.191 e. The van der Waals surface area contributed by atoms with Gasteiger partial charge in [-0.1, -0.05) is 36.4 Å². The van der Waals surface area contributed by atoms with Gasteiger partial charge in [0.15, 0.2) is 5.96 Å². The van der Waals surface area contributed by atoms with E-state index in [-0.39, 0.29) is 6.04 Å². The number of hydrogen-bond donors (Lipinski definition) is 2. The first kappa shape index (κ1) is 20.2. The minimum atomic E-state index is 0.169. The van der Waals surface area contributed by atoms with Crippen LogP contribution in [0.2, 0.25) is 0 Å². The molecule has 1 atom stereocenters. The van der Waals surface area contributed by atoms with Crippen LogP contribution in [0.15, 0.2) is 53.5 Å². The summed E-state index contributed by atoms with van der Waals surface area (Å²) in [4.78, 5) is 6.87. The molecule has 0 aromatic heterocycles. The lowest BCUT2D eigenvalue weighted by molar-refractivity contribution is 0.184. The number of nitrogens with one attached hydrogen (secondary N) is 2. The normalized spacial score (nSPS) is 15.5. The summed E-state index contributed by atoms with van der Waals surface area (Å²) in [6, 6.07) is 17.3. The summed E-state index contributed by atoms with van der Waals surface area (Å²) in [6.45, 7) is 5.82. The van der Waals surface area contributed by atoms with Crippen LogP contribution in [0.3, 0.4) is 0 Å². The fourth-order valence-electron chi connectivity index (χ4n) is 3.65. The SMILES string of the molecule is CN=C(NCc1ccccc1COC)NC(C)c1cccc(N2CCCC2)c1. The van der Waals surface area contributed by atoms with E-state index in [0.717, 1.165) is 19.0 Å². The van der Waals surface area contributed by atoms with Gasteiger partial charge in [-0.15, -0.1) is 0 Å². The second-order valence-corrected chi connectivity index (χ2v) is 7.28. The number of nitrogens with zero attached hydrogens (tertiary/aromatic N) is 2. The van der Waals surface area contributed by atoms with Gasteiger partial charge in [-0.2, -0.15) is 0 Å². The number of benzene rings is 2. The van der Waals surface area contributed by atoms with Crippen molar-refractivity contribution in [3.8, 4) is 0 Å². The van der Waals surface area contributed by atoms with Gasteiger partial charge in [0, 0.05) is 39.5 Å². The first-order valence-corrected chi connectivity index (χ1v) is 10.1. The fourth-order valence-corrected chi connectivity index (χ4v) is 3.65. The van der Waals surface area contributed by atoms with Crippen molar-refractivity contribution in [3.05, 3.63) is 65.2 Å². The number of rotatable bonds is 7. The summed E-state index contributed by atoms with van der Waals surface area (Å²) >= 11 is 0. The Morgan fingerprint density at radius 3 is 2.57 bits per heavy atom. The van der Waals surface area contributed by atoms with Crippen molar-refractivity contribution in [1.29, 1.82) is 0 Å². The van der Waals surface area contributed by atoms with Crippen LogP contribution in [0.1, 0.15) is 42.5 Å². The average molecular weight is 381 g/mol. The molecule has 1 aliphatic rings. The van der Waals surface area contributed by atoms with E-state index in [1.807, 2.05) is 13.1 Å². The fraction of sp³-hybridized carbons (Fsp3) is 0.435. The van der Waals surface area contributed by atoms with Crippen molar-refractivity contribution < 1.29 is 4.74 Å². The van der Waals surface area contributed by atoms with Crippen LogP contribution >= 0.6 is 0 Å². The molecule has 0 saturated carbocycles. The molecule has 2 N–H and O–H groups in total. The lowest BCUT2D eigenvalue weighted by Crippen LogP contribution is -2.38. The summed E-state index contributed by atoms with van der Waals surface area (Å²) in [6.07, 6.45) is 2.58. The van der Waals surface area contributed by atoms with Gasteiger partial charge in [0.2, 0.25) is 0 Å². The standard InChI is InChI=1S/C23H32N4O/c1-18(19-11-8-12-22(15-19)27-13-6-7-14-27)26-23(24-2)25-16-20-9-4-5-10-21(20)17-28-3/h4-5,8-12,15,18H,6-7,13-14,16-17H2,1-3H3,(H2,24,25,26). The Balaban J connectivity index is 1.61. The first-order valence-electron chi connectivity index (χ1n) is 10.1. The topological polar surface area (TPSA) is 48.9 Å². The van der Waals surface area contributed by atoms with Gasteiger partial charge in [0.25, 0.3) is 0 Å². The Kier molecular flexibility index (Phi) is 7.31. The van der Waals surface area contributed by atoms with Crippen LogP contribution in [0.4, 0.5) is 5.69 Å². The van der Waals surface area contributed by atoms with Crippen LogP contribution < -0.4 is 15.5 Å². The van der Waals surface area contributed by atoms with E-state index in [2.05, 4.69) is 69.9 Å². The molecule has 0 amide bonds. The molecule has 0 radical (unpaired) electrons. The van der Waals surface area contributed by atoms with Gasteiger partial charge in [-0.05, 0) is 48.6 Å². The minimum absolute atomic E-state index is 0.169. The maximum absolute atomic E-state index is 5.30. The third kappa shape index (κ3) is 5.26. The molecule has 0 bridgehead atoms. The Hall–Kier alpha value is -2.53. The lowest BCUT2D eigenvalue weighted by atomic mass is 10.1. The van der Waals surface area contributed by atoms with Gasteiger partial charge in [0.05, 0.1) is 12.6 Å². The highest BCUT2D eigenvalue weighted by Gasteiger charge is 2.14. The maximum atomic E-state index is 5.30. The molecule has 0 aliphatic carbocycles. The van der Waals surface area contributed by atoms with E-state index in [0.29, 0.717) is 13.2 Å². The minimum Gasteiger partial charge on any atom is -0.380 e. The zero-order valence-corrected chi connectivity index (χ0v) is 17.2. The molecule has 0 spiro atoms. The molecule has 1 aliphatic heterocycles. The molecule has 2 aromatic rings. The Labute approximate surface area is 168 Å². The summed E-state index contributed by atoms with van der Waals surface area (Å²) in [5.41, 5.74) is 5.00. The predicted octanol–water partition coefficient (Wildman–Crippen LogP) is 3.86. The van der Waals surface area contributed by atoms with Crippen molar-refractivity contribution in [3.63, 3.8) is 0 Å². The summed E-state index contributed by atoms with van der Waals surface area (Å²) < 4.78 is 5.30. The van der Waals surface area contributed by atoms with Crippen LogP contribution in [0.5, 0.6) is 0 Å². The first-order chi connectivity index (χ1) is 13.7. The lowest BCUT2D eigenvalue weighted by Gasteiger charge is -2.22. The monoisotopic (exact) mass is 380 g/mol. The van der Waals surface area contributed by atoms with Crippen LogP contribution in [-0.4, -0.2) is 33.2 Å². The van der Waals surface area contributed by atoms with Crippen molar-refractivity contribution >= 4 is 11.6 Å². The highest BCUT2D eigenvalue weighted by Crippen LogP contribution is 2.24. The number of guanidine groups is 1. The molecule has 2 aromatic carbocycles. The summed E-state index contributed by atoms with van der Waals surface area (Å²) in [7, 11) is 3.53. The van der Waals surface area contributed by atoms with Crippen LogP contribution in [-0.2, 0) is 17.9 Å². The highest BCUT2D eigenvalue weighted by molar-refractivity contribution is 5.80. The molecule has 3 rings (SSSR count). The number of ether oxygens (including phenoxy) is 1. The molecular weight excluding hydrogens is 348 g/mol. The summed E-state index contributed by atoms with van der Waals surface area (Å²) in [5.74, 6) is 0.797. The van der Waals surface area contributed by atoms with Crippen LogP contribution in [0.25, 0.3) is 0 Å². The highest BCUT2D eigenvalue weighted by atomic mass is 16.5. The van der Waals surface area contributed by atoms with Crippen molar-refractivity contribution in [1.82, 2.24) is 10.6 Å². The van der Waals surface area contributed by atoms with Crippen molar-refractivity contribution in [2.45, 2.75) is 39.0 Å². The van der Waals surface area contributed by atoms with E-state index in [1.54, 1.807) is 7.11 Å². The Bertz CT molecular complexity index is 784. The number of hydrogen-bond acceptors (Lipinski definition) is 3. The van der Waals surface area contributed by atoms with Gasteiger partial charge in [-0.3, -0.25) is 4.99 Å². The van der Waals surface area contributed by atoms with E-state index in [1.165, 1.54) is 35.2 Å². The molecule has 150 valence electrons. The molecule has 1 fully saturated rings. The molecule has 1 unspecified atom stereocenters. The molecular formula is C23H32N4O. The van der Waals surface area contributed by atoms with Gasteiger partial charge in [-0.25, -0.2) is 0 Å². The second kappa shape index (κ2) is 10.1. The third-order valence-electron chi connectivity index (χ3n) is 5.28.